The minimum absolute atomic E-state index is 0.274. The van der Waals surface area contributed by atoms with Gasteiger partial charge in [0.05, 0.1) is 0 Å². The monoisotopic (exact) mass is 329 g/mol. The van der Waals surface area contributed by atoms with Crippen LogP contribution in [0.5, 0.6) is 0 Å². The maximum absolute atomic E-state index is 5.99. The molecule has 2 atom stereocenters. The normalized spacial score (nSPS) is 14.5. The zero-order valence-corrected chi connectivity index (χ0v) is 14.0. The second-order valence-electron chi connectivity index (χ2n) is 4.96. The molecule has 2 unspecified atom stereocenters. The molecule has 0 aliphatic carbocycles. The summed E-state index contributed by atoms with van der Waals surface area (Å²) < 4.78 is 1.21. The van der Waals surface area contributed by atoms with Gasteiger partial charge >= 0.3 is 0 Å². The van der Waals surface area contributed by atoms with E-state index in [9.17, 15) is 0 Å². The molecule has 0 heterocycles. The lowest BCUT2D eigenvalue weighted by molar-refractivity contribution is 0.637. The van der Waals surface area contributed by atoms with Gasteiger partial charge in [0.1, 0.15) is 0 Å². The van der Waals surface area contributed by atoms with Crippen molar-refractivity contribution >= 4 is 27.7 Å². The van der Waals surface area contributed by atoms with Crippen LogP contribution in [0.4, 0.5) is 0 Å². The van der Waals surface area contributed by atoms with Crippen LogP contribution in [0.2, 0.25) is 0 Å². The summed E-state index contributed by atoms with van der Waals surface area (Å²) in [7, 11) is 0. The standard InChI is InChI=1S/C15H24BrNS/c1-4-11(3)10-18-15-7-6-12(9-14(15)16)8-13(17)5-2/h6-7,9,11,13H,4-5,8,10,17H2,1-3H3. The van der Waals surface area contributed by atoms with E-state index < -0.39 is 0 Å². The molecule has 18 heavy (non-hydrogen) atoms. The first-order chi connectivity index (χ1) is 8.56. The molecule has 0 aliphatic heterocycles. The second kappa shape index (κ2) is 8.23. The predicted octanol–water partition coefficient (Wildman–Crippen LogP) is 4.87. The Kier molecular flexibility index (Phi) is 7.35. The van der Waals surface area contributed by atoms with Gasteiger partial charge in [0.2, 0.25) is 0 Å². The van der Waals surface area contributed by atoms with Gasteiger partial charge in [0, 0.05) is 21.2 Å². The zero-order chi connectivity index (χ0) is 13.5. The highest BCUT2D eigenvalue weighted by Crippen LogP contribution is 2.30. The van der Waals surface area contributed by atoms with Crippen molar-refractivity contribution < 1.29 is 0 Å². The summed E-state index contributed by atoms with van der Waals surface area (Å²) in [5, 5.41) is 0. The molecule has 0 aliphatic rings. The van der Waals surface area contributed by atoms with Crippen LogP contribution < -0.4 is 5.73 Å². The van der Waals surface area contributed by atoms with Gasteiger partial charge in [-0.25, -0.2) is 0 Å². The van der Waals surface area contributed by atoms with Crippen LogP contribution in [0, 0.1) is 5.92 Å². The number of halogens is 1. The van der Waals surface area contributed by atoms with E-state index >= 15 is 0 Å². The average Bonchev–Trinajstić information content (AvgIpc) is 2.37. The summed E-state index contributed by atoms with van der Waals surface area (Å²) in [4.78, 5) is 1.34. The average molecular weight is 330 g/mol. The summed E-state index contributed by atoms with van der Waals surface area (Å²) in [5.74, 6) is 1.96. The highest BCUT2D eigenvalue weighted by Gasteiger charge is 2.07. The van der Waals surface area contributed by atoms with E-state index in [-0.39, 0.29) is 6.04 Å². The molecule has 1 nitrogen and oxygen atoms in total. The lowest BCUT2D eigenvalue weighted by atomic mass is 10.1. The first-order valence-corrected chi connectivity index (χ1v) is 8.51. The summed E-state index contributed by atoms with van der Waals surface area (Å²) in [6.45, 7) is 6.68. The third-order valence-electron chi connectivity index (χ3n) is 3.24. The molecule has 2 N–H and O–H groups in total. The zero-order valence-electron chi connectivity index (χ0n) is 11.6. The minimum Gasteiger partial charge on any atom is -0.327 e. The molecule has 0 radical (unpaired) electrons. The van der Waals surface area contributed by atoms with Crippen LogP contribution in [0.3, 0.4) is 0 Å². The van der Waals surface area contributed by atoms with E-state index in [1.807, 2.05) is 11.8 Å². The molecule has 0 amide bonds. The van der Waals surface area contributed by atoms with Crippen molar-refractivity contribution in [2.24, 2.45) is 11.7 Å². The minimum atomic E-state index is 0.274. The van der Waals surface area contributed by atoms with Crippen LogP contribution in [-0.2, 0) is 6.42 Å². The first-order valence-electron chi connectivity index (χ1n) is 6.73. The Hall–Kier alpha value is 0.01000. The van der Waals surface area contributed by atoms with Crippen molar-refractivity contribution in [3.8, 4) is 0 Å². The quantitative estimate of drug-likeness (QED) is 0.722. The predicted molar refractivity (Wildman–Crippen MR) is 86.3 cm³/mol. The van der Waals surface area contributed by atoms with E-state index in [2.05, 4.69) is 54.9 Å². The van der Waals surface area contributed by atoms with Gasteiger partial charge in [0.15, 0.2) is 0 Å². The van der Waals surface area contributed by atoms with Crippen molar-refractivity contribution in [2.45, 2.75) is 51.0 Å². The van der Waals surface area contributed by atoms with Gasteiger partial charge in [-0.05, 0) is 52.4 Å². The first kappa shape index (κ1) is 16.1. The Bertz CT molecular complexity index is 368. The fourth-order valence-corrected chi connectivity index (χ4v) is 3.42. The van der Waals surface area contributed by atoms with E-state index in [4.69, 9.17) is 5.73 Å². The van der Waals surface area contributed by atoms with Crippen LogP contribution in [0.15, 0.2) is 27.6 Å². The lowest BCUT2D eigenvalue weighted by Crippen LogP contribution is -2.21. The molecule has 0 bridgehead atoms. The maximum Gasteiger partial charge on any atom is 0.0313 e. The van der Waals surface area contributed by atoms with Crippen molar-refractivity contribution in [3.63, 3.8) is 0 Å². The highest BCUT2D eigenvalue weighted by atomic mass is 79.9. The fraction of sp³-hybridized carbons (Fsp3) is 0.600. The summed E-state index contributed by atoms with van der Waals surface area (Å²) >= 11 is 5.60. The molecule has 102 valence electrons. The number of rotatable bonds is 7. The number of hydrogen-bond acceptors (Lipinski definition) is 2. The molecule has 0 fully saturated rings. The van der Waals surface area contributed by atoms with Crippen LogP contribution >= 0.6 is 27.7 Å². The van der Waals surface area contributed by atoms with Crippen LogP contribution in [0.1, 0.15) is 39.2 Å². The van der Waals surface area contributed by atoms with Crippen molar-refractivity contribution in [2.75, 3.05) is 5.75 Å². The number of hydrogen-bond donors (Lipinski definition) is 1. The Labute approximate surface area is 124 Å². The molecule has 0 saturated heterocycles. The third kappa shape index (κ3) is 5.33. The molecule has 0 spiro atoms. The molecular formula is C15H24BrNS. The van der Waals surface area contributed by atoms with Crippen LogP contribution in [0.25, 0.3) is 0 Å². The third-order valence-corrected chi connectivity index (χ3v) is 5.56. The number of nitrogens with two attached hydrogens (primary N) is 1. The topological polar surface area (TPSA) is 26.0 Å². The Morgan fingerprint density at radius 3 is 2.56 bits per heavy atom. The van der Waals surface area contributed by atoms with Gasteiger partial charge in [-0.15, -0.1) is 11.8 Å². The van der Waals surface area contributed by atoms with Gasteiger partial charge in [-0.2, -0.15) is 0 Å². The summed E-state index contributed by atoms with van der Waals surface area (Å²) in [6.07, 6.45) is 3.24. The van der Waals surface area contributed by atoms with Gasteiger partial charge < -0.3 is 5.73 Å². The van der Waals surface area contributed by atoms with E-state index in [0.29, 0.717) is 0 Å². The van der Waals surface area contributed by atoms with Crippen LogP contribution in [-0.4, -0.2) is 11.8 Å². The maximum atomic E-state index is 5.99. The molecule has 0 saturated carbocycles. The SMILES string of the molecule is CCC(C)CSc1ccc(CC(N)CC)cc1Br. The number of benzene rings is 1. The van der Waals surface area contributed by atoms with E-state index in [0.717, 1.165) is 18.8 Å². The van der Waals surface area contributed by atoms with Crippen molar-refractivity contribution in [3.05, 3.63) is 28.2 Å². The Balaban J connectivity index is 2.62. The smallest absolute Gasteiger partial charge is 0.0313 e. The van der Waals surface area contributed by atoms with Gasteiger partial charge in [-0.3, -0.25) is 0 Å². The molecular weight excluding hydrogens is 306 g/mol. The van der Waals surface area contributed by atoms with E-state index in [1.165, 1.54) is 27.1 Å². The van der Waals surface area contributed by atoms with Crippen molar-refractivity contribution in [1.82, 2.24) is 0 Å². The highest BCUT2D eigenvalue weighted by molar-refractivity contribution is 9.10. The Morgan fingerprint density at radius 1 is 1.28 bits per heavy atom. The molecule has 1 rings (SSSR count). The molecule has 3 heteroatoms. The molecule has 0 aromatic heterocycles. The van der Waals surface area contributed by atoms with Crippen molar-refractivity contribution in [1.29, 1.82) is 0 Å². The van der Waals surface area contributed by atoms with Gasteiger partial charge in [0.25, 0.3) is 0 Å². The summed E-state index contributed by atoms with van der Waals surface area (Å²) in [5.41, 5.74) is 7.31. The van der Waals surface area contributed by atoms with Gasteiger partial charge in [-0.1, -0.05) is 33.3 Å². The Morgan fingerprint density at radius 2 is 2.00 bits per heavy atom. The molecule has 1 aromatic carbocycles. The number of thioether (sulfide) groups is 1. The fourth-order valence-electron chi connectivity index (χ4n) is 1.59. The van der Waals surface area contributed by atoms with E-state index in [1.54, 1.807) is 0 Å². The summed E-state index contributed by atoms with van der Waals surface area (Å²) in [6, 6.07) is 6.92. The molecule has 1 aromatic rings. The largest absolute Gasteiger partial charge is 0.327 e. The second-order valence-corrected chi connectivity index (χ2v) is 6.88. The lowest BCUT2D eigenvalue weighted by Gasteiger charge is -2.12.